The highest BCUT2D eigenvalue weighted by Gasteiger charge is 2.24. The van der Waals surface area contributed by atoms with Crippen LogP contribution in [0.2, 0.25) is 0 Å². The van der Waals surface area contributed by atoms with Gasteiger partial charge in [-0.15, -0.1) is 11.6 Å². The highest BCUT2D eigenvalue weighted by molar-refractivity contribution is 7.81. The second-order valence-electron chi connectivity index (χ2n) is 7.36. The van der Waals surface area contributed by atoms with Gasteiger partial charge in [-0.1, -0.05) is 66.7 Å². The second-order valence-corrected chi connectivity index (χ2v) is 8.96. The minimum Gasteiger partial charge on any atom is -0.755 e. The quantitative estimate of drug-likeness (QED) is 0.259. The van der Waals surface area contributed by atoms with E-state index in [9.17, 15) is 13.6 Å². The molecule has 4 rings (SSSR count). The summed E-state index contributed by atoms with van der Waals surface area (Å²) >= 11 is 4.17. The van der Waals surface area contributed by atoms with E-state index >= 15 is 0 Å². The summed E-state index contributed by atoms with van der Waals surface area (Å²) in [7, 11) is 0. The van der Waals surface area contributed by atoms with Crippen molar-refractivity contribution < 1.29 is 13.6 Å². The Labute approximate surface area is 209 Å². The molecule has 0 saturated carbocycles. The smallest absolute Gasteiger partial charge is 0.253 e. The number of benzene rings is 3. The zero-order valence-corrected chi connectivity index (χ0v) is 20.3. The lowest BCUT2D eigenvalue weighted by Gasteiger charge is -2.27. The van der Waals surface area contributed by atoms with Gasteiger partial charge < -0.3 is 9.87 Å². The van der Waals surface area contributed by atoms with E-state index in [-0.39, 0.29) is 22.9 Å². The second kappa shape index (κ2) is 11.3. The van der Waals surface area contributed by atoms with Crippen molar-refractivity contribution in [3.8, 4) is 0 Å². The zero-order valence-electron chi connectivity index (χ0n) is 17.9. The van der Waals surface area contributed by atoms with E-state index in [0.717, 1.165) is 27.2 Å². The van der Waals surface area contributed by atoms with Gasteiger partial charge in [0, 0.05) is 18.8 Å². The SMILES string of the molecule is O=C(NCc1ccccc1)c1ccc(CCl)cc1N(c1nsnc1Cc1ccccc1)S(=O)[O-]. The van der Waals surface area contributed by atoms with Crippen molar-refractivity contribution in [1.29, 1.82) is 0 Å². The topological polar surface area (TPSA) is 98.2 Å². The van der Waals surface area contributed by atoms with Gasteiger partial charge in [-0.2, -0.15) is 8.75 Å². The average Bonchev–Trinajstić information content (AvgIpc) is 3.31. The number of halogens is 1. The van der Waals surface area contributed by atoms with E-state index in [2.05, 4.69) is 14.1 Å². The predicted octanol–water partition coefficient (Wildman–Crippen LogP) is 4.73. The average molecular weight is 512 g/mol. The number of carbonyl (C=O) groups excluding carboxylic acids is 1. The third-order valence-corrected chi connectivity index (χ3v) is 6.60. The van der Waals surface area contributed by atoms with Crippen molar-refractivity contribution in [3.05, 3.63) is 107 Å². The van der Waals surface area contributed by atoms with E-state index < -0.39 is 17.2 Å². The molecule has 1 atom stereocenters. The summed E-state index contributed by atoms with van der Waals surface area (Å²) < 4.78 is 34.5. The van der Waals surface area contributed by atoms with Crippen molar-refractivity contribution in [1.82, 2.24) is 14.1 Å². The maximum atomic E-state index is 13.1. The number of amides is 1. The van der Waals surface area contributed by atoms with Crippen LogP contribution < -0.4 is 9.62 Å². The predicted molar refractivity (Wildman–Crippen MR) is 134 cm³/mol. The Hall–Kier alpha value is -3.11. The molecular weight excluding hydrogens is 492 g/mol. The summed E-state index contributed by atoms with van der Waals surface area (Å²) in [6.07, 6.45) is 0.394. The van der Waals surface area contributed by atoms with Crippen molar-refractivity contribution in [2.75, 3.05) is 4.31 Å². The van der Waals surface area contributed by atoms with Gasteiger partial charge in [0.25, 0.3) is 5.91 Å². The highest BCUT2D eigenvalue weighted by atomic mass is 35.5. The third kappa shape index (κ3) is 5.68. The van der Waals surface area contributed by atoms with Crippen molar-refractivity contribution in [2.24, 2.45) is 0 Å². The van der Waals surface area contributed by atoms with Gasteiger partial charge in [0.05, 0.1) is 34.2 Å². The standard InChI is InChI=1S/C24H21ClN4O3S2/c25-15-19-11-12-20(24(30)26-16-18-9-5-2-6-10-18)22(14-19)29(34(31)32)23-21(27-33-28-23)13-17-7-3-1-4-8-17/h1-12,14H,13,15-16H2,(H,26,30)(H,31,32)/p-1. The number of hydrogen-bond donors (Lipinski definition) is 1. The molecule has 10 heteroatoms. The maximum absolute atomic E-state index is 13.1. The van der Waals surface area contributed by atoms with Crippen molar-refractivity contribution >= 4 is 52.0 Å². The summed E-state index contributed by atoms with van der Waals surface area (Å²) in [4.78, 5) is 13.1. The van der Waals surface area contributed by atoms with E-state index in [1.165, 1.54) is 0 Å². The molecule has 1 heterocycles. The van der Waals surface area contributed by atoms with Crippen LogP contribution in [-0.4, -0.2) is 23.4 Å². The van der Waals surface area contributed by atoms with Crippen LogP contribution >= 0.6 is 23.3 Å². The van der Waals surface area contributed by atoms with Crippen LogP contribution in [0.15, 0.2) is 78.9 Å². The Morgan fingerprint density at radius 1 is 0.971 bits per heavy atom. The summed E-state index contributed by atoms with van der Waals surface area (Å²) in [5.41, 5.74) is 3.40. The van der Waals surface area contributed by atoms with Gasteiger partial charge in [0.15, 0.2) is 5.82 Å². The zero-order chi connectivity index (χ0) is 23.9. The monoisotopic (exact) mass is 511 g/mol. The molecule has 0 bridgehead atoms. The summed E-state index contributed by atoms with van der Waals surface area (Å²) in [5, 5.41) is 2.85. The lowest BCUT2D eigenvalue weighted by atomic mass is 10.1. The van der Waals surface area contributed by atoms with Gasteiger partial charge in [-0.25, -0.2) is 0 Å². The molecule has 0 saturated heterocycles. The summed E-state index contributed by atoms with van der Waals surface area (Å²) in [5.74, 6) is -0.0982. The van der Waals surface area contributed by atoms with Crippen molar-refractivity contribution in [2.45, 2.75) is 18.8 Å². The number of aromatic nitrogens is 2. The highest BCUT2D eigenvalue weighted by Crippen LogP contribution is 2.33. The fourth-order valence-electron chi connectivity index (χ4n) is 3.42. The molecule has 4 aromatic rings. The number of nitrogens with one attached hydrogen (secondary N) is 1. The molecule has 0 radical (unpaired) electrons. The number of rotatable bonds is 9. The fraction of sp³-hybridized carbons (Fsp3) is 0.125. The Bertz CT molecular complexity index is 1290. The van der Waals surface area contributed by atoms with Gasteiger partial charge in [0.2, 0.25) is 0 Å². The lowest BCUT2D eigenvalue weighted by molar-refractivity contribution is 0.0951. The first kappa shape index (κ1) is 24.0. The fourth-order valence-corrected chi connectivity index (χ4v) is 4.78. The Kier molecular flexibility index (Phi) is 8.02. The number of alkyl halides is 1. The Morgan fingerprint density at radius 3 is 2.29 bits per heavy atom. The van der Waals surface area contributed by atoms with Crippen LogP contribution in [0.4, 0.5) is 11.5 Å². The summed E-state index contributed by atoms with van der Waals surface area (Å²) in [6.45, 7) is 0.300. The Balaban J connectivity index is 1.70. The summed E-state index contributed by atoms with van der Waals surface area (Å²) in [6, 6.07) is 23.9. The molecule has 0 spiro atoms. The van der Waals surface area contributed by atoms with Gasteiger partial charge >= 0.3 is 0 Å². The van der Waals surface area contributed by atoms with Crippen LogP contribution in [0.5, 0.6) is 0 Å². The van der Waals surface area contributed by atoms with Gasteiger partial charge in [0.1, 0.15) is 5.69 Å². The molecule has 3 aromatic carbocycles. The molecule has 174 valence electrons. The molecule has 1 unspecified atom stereocenters. The molecule has 0 aliphatic heterocycles. The first-order valence-corrected chi connectivity index (χ1v) is 12.6. The van der Waals surface area contributed by atoms with Crippen molar-refractivity contribution in [3.63, 3.8) is 0 Å². The molecule has 1 N–H and O–H groups in total. The minimum atomic E-state index is -2.76. The lowest BCUT2D eigenvalue weighted by Crippen LogP contribution is -2.28. The minimum absolute atomic E-state index is 0.157. The van der Waals surface area contributed by atoms with Crippen LogP contribution in [0.1, 0.15) is 32.7 Å². The molecule has 1 amide bonds. The van der Waals surface area contributed by atoms with E-state index in [4.69, 9.17) is 11.6 Å². The van der Waals surface area contributed by atoms with Crippen LogP contribution in [0, 0.1) is 0 Å². The van der Waals surface area contributed by atoms with E-state index in [1.807, 2.05) is 60.7 Å². The Morgan fingerprint density at radius 2 is 1.65 bits per heavy atom. The van der Waals surface area contributed by atoms with Crippen LogP contribution in [0.25, 0.3) is 0 Å². The first-order valence-electron chi connectivity index (χ1n) is 10.3. The molecule has 0 fully saturated rings. The number of carbonyl (C=O) groups is 1. The molecule has 0 aliphatic carbocycles. The first-order chi connectivity index (χ1) is 16.6. The number of anilines is 2. The molecule has 34 heavy (non-hydrogen) atoms. The third-order valence-electron chi connectivity index (χ3n) is 5.07. The normalized spacial score (nSPS) is 11.7. The van der Waals surface area contributed by atoms with Gasteiger partial charge in [-0.3, -0.25) is 13.3 Å². The number of hydrogen-bond acceptors (Lipinski definition) is 6. The molecule has 0 aliphatic rings. The largest absolute Gasteiger partial charge is 0.755 e. The van der Waals surface area contributed by atoms with Gasteiger partial charge in [-0.05, 0) is 28.8 Å². The van der Waals surface area contributed by atoms with Crippen LogP contribution in [0.3, 0.4) is 0 Å². The van der Waals surface area contributed by atoms with E-state index in [1.54, 1.807) is 18.2 Å². The molecular formula is C24H20ClN4O3S2-. The number of nitrogens with zero attached hydrogens (tertiary/aromatic N) is 3. The maximum Gasteiger partial charge on any atom is 0.253 e. The van der Waals surface area contributed by atoms with Crippen LogP contribution in [-0.2, 0) is 30.1 Å². The molecule has 7 nitrogen and oxygen atoms in total. The van der Waals surface area contributed by atoms with E-state index in [0.29, 0.717) is 24.2 Å². The molecule has 1 aromatic heterocycles.